The number of nitro groups is 1. The van der Waals surface area contributed by atoms with E-state index in [1.165, 1.54) is 12.3 Å². The second kappa shape index (κ2) is 11.8. The van der Waals surface area contributed by atoms with Crippen molar-refractivity contribution >= 4 is 42.2 Å². The number of nitriles is 1. The highest BCUT2D eigenvalue weighted by atomic mass is 35.5. The van der Waals surface area contributed by atoms with Crippen LogP contribution < -0.4 is 10.6 Å². The molecule has 0 spiro atoms. The number of amides is 1. The lowest BCUT2D eigenvalue weighted by Gasteiger charge is -2.30. The number of hydrogen-bond acceptors (Lipinski definition) is 7. The fourth-order valence-electron chi connectivity index (χ4n) is 3.76. The van der Waals surface area contributed by atoms with Crippen LogP contribution in [0.1, 0.15) is 38.5 Å². The molecule has 2 aliphatic rings. The third-order valence-electron chi connectivity index (χ3n) is 5.30. The van der Waals surface area contributed by atoms with Gasteiger partial charge >= 0.3 is 0 Å². The van der Waals surface area contributed by atoms with E-state index < -0.39 is 4.92 Å². The second-order valence-corrected chi connectivity index (χ2v) is 7.11. The lowest BCUT2D eigenvalue weighted by atomic mass is 9.91. The predicted molar refractivity (Wildman–Crippen MR) is 113 cm³/mol. The molecule has 0 unspecified atom stereocenters. The van der Waals surface area contributed by atoms with Gasteiger partial charge in [0.05, 0.1) is 17.5 Å². The van der Waals surface area contributed by atoms with Crippen molar-refractivity contribution in [2.45, 2.75) is 56.7 Å². The molecule has 1 aromatic heterocycles. The predicted octanol–water partition coefficient (Wildman–Crippen LogP) is 2.66. The maximum atomic E-state index is 12.3. The van der Waals surface area contributed by atoms with Crippen LogP contribution in [0.2, 0.25) is 0 Å². The highest BCUT2D eigenvalue weighted by molar-refractivity contribution is 5.85. The van der Waals surface area contributed by atoms with Crippen molar-refractivity contribution in [3.05, 3.63) is 28.4 Å². The topological polar surface area (TPSA) is 124 Å². The molecule has 0 aromatic carbocycles. The molecule has 11 heteroatoms. The first-order valence-electron chi connectivity index (χ1n) is 9.36. The van der Waals surface area contributed by atoms with Gasteiger partial charge < -0.3 is 15.5 Å². The van der Waals surface area contributed by atoms with E-state index in [-0.39, 0.29) is 55.0 Å². The Morgan fingerprint density at radius 2 is 1.93 bits per heavy atom. The van der Waals surface area contributed by atoms with Crippen molar-refractivity contribution in [2.24, 2.45) is 0 Å². The number of nitrogens with zero attached hydrogens (tertiary/aromatic N) is 4. The van der Waals surface area contributed by atoms with Gasteiger partial charge in [-0.1, -0.05) is 0 Å². The second-order valence-electron chi connectivity index (χ2n) is 7.11. The molecule has 1 aliphatic heterocycles. The highest BCUT2D eigenvalue weighted by Gasteiger charge is 2.29. The Hall–Kier alpha value is -2.15. The zero-order valence-electron chi connectivity index (χ0n) is 16.0. The van der Waals surface area contributed by atoms with Gasteiger partial charge in [0, 0.05) is 24.7 Å². The standard InChI is InChI=1S/C18H24N6O3.2ClH/c19-10-15-2-1-9-23(15)18(25)12-20-13-3-5-14(6-4-13)22-17-8-7-16(11-21-17)24(26)27;;/h7-8,11,13-15,20H,1-6,9,12H2,(H,21,22);2*1H/t13?,14?,15-;;/m0../s1. The van der Waals surface area contributed by atoms with Gasteiger partial charge in [-0.3, -0.25) is 14.9 Å². The maximum absolute atomic E-state index is 12.3. The number of carbonyl (C=O) groups excluding carboxylic acids is 1. The molecule has 0 radical (unpaired) electrons. The minimum Gasteiger partial charge on any atom is -0.367 e. The lowest BCUT2D eigenvalue weighted by Crippen LogP contribution is -2.45. The van der Waals surface area contributed by atoms with Crippen LogP contribution in [0.3, 0.4) is 0 Å². The fourth-order valence-corrected chi connectivity index (χ4v) is 3.76. The van der Waals surface area contributed by atoms with Gasteiger partial charge in [-0.05, 0) is 44.6 Å². The Bertz CT molecular complexity index is 719. The average Bonchev–Trinajstić information content (AvgIpc) is 3.16. The van der Waals surface area contributed by atoms with E-state index in [2.05, 4.69) is 21.7 Å². The summed E-state index contributed by atoms with van der Waals surface area (Å²) in [5.41, 5.74) is -0.0187. The molecular formula is C18H26Cl2N6O3. The Balaban J connectivity index is 0.00000210. The summed E-state index contributed by atoms with van der Waals surface area (Å²) < 4.78 is 0. The van der Waals surface area contributed by atoms with Gasteiger partial charge in [-0.2, -0.15) is 5.26 Å². The van der Waals surface area contributed by atoms with Gasteiger partial charge in [-0.15, -0.1) is 24.8 Å². The third kappa shape index (κ3) is 6.70. The SMILES string of the molecule is Cl.Cl.N#C[C@@H]1CCCN1C(=O)CNC1CCC(Nc2ccc([N+](=O)[O-])cn2)CC1. The van der Waals surface area contributed by atoms with Crippen molar-refractivity contribution in [1.29, 1.82) is 5.26 Å². The van der Waals surface area contributed by atoms with Crippen LogP contribution in [0.4, 0.5) is 11.5 Å². The molecule has 9 nitrogen and oxygen atoms in total. The van der Waals surface area contributed by atoms with E-state index in [0.29, 0.717) is 18.4 Å². The van der Waals surface area contributed by atoms with Crippen LogP contribution in [0.25, 0.3) is 0 Å². The molecule has 1 amide bonds. The Morgan fingerprint density at radius 1 is 1.24 bits per heavy atom. The van der Waals surface area contributed by atoms with Gasteiger partial charge in [0.15, 0.2) is 0 Å². The molecule has 160 valence electrons. The molecule has 1 saturated carbocycles. The number of halogens is 2. The third-order valence-corrected chi connectivity index (χ3v) is 5.30. The number of carbonyl (C=O) groups is 1. The molecule has 1 aromatic rings. The van der Waals surface area contributed by atoms with E-state index in [9.17, 15) is 14.9 Å². The Labute approximate surface area is 182 Å². The highest BCUT2D eigenvalue weighted by Crippen LogP contribution is 2.23. The minimum atomic E-state index is -0.462. The number of rotatable bonds is 6. The van der Waals surface area contributed by atoms with E-state index >= 15 is 0 Å². The van der Waals surface area contributed by atoms with Gasteiger partial charge in [0.25, 0.3) is 5.69 Å². The summed E-state index contributed by atoms with van der Waals surface area (Å²) in [4.78, 5) is 28.2. The number of nitrogens with one attached hydrogen (secondary N) is 2. The van der Waals surface area contributed by atoms with Crippen LogP contribution in [0, 0.1) is 21.4 Å². The molecule has 29 heavy (non-hydrogen) atoms. The van der Waals surface area contributed by atoms with Gasteiger partial charge in [0.2, 0.25) is 5.91 Å². The van der Waals surface area contributed by atoms with Gasteiger partial charge in [0.1, 0.15) is 18.1 Å². The smallest absolute Gasteiger partial charge is 0.287 e. The summed E-state index contributed by atoms with van der Waals surface area (Å²) in [6.45, 7) is 0.961. The molecule has 2 fully saturated rings. The normalized spacial score (nSPS) is 23.3. The molecule has 3 rings (SSSR count). The molecule has 1 saturated heterocycles. The number of hydrogen-bond donors (Lipinski definition) is 2. The number of pyridine rings is 1. The van der Waals surface area contributed by atoms with Crippen LogP contribution >= 0.6 is 24.8 Å². The van der Waals surface area contributed by atoms with Crippen LogP contribution in [-0.4, -0.2) is 51.9 Å². The average molecular weight is 445 g/mol. The van der Waals surface area contributed by atoms with Crippen LogP contribution in [-0.2, 0) is 4.79 Å². The van der Waals surface area contributed by atoms with Crippen molar-refractivity contribution < 1.29 is 9.72 Å². The summed E-state index contributed by atoms with van der Waals surface area (Å²) in [7, 11) is 0. The first-order chi connectivity index (χ1) is 13.1. The molecule has 0 bridgehead atoms. The number of aromatic nitrogens is 1. The molecule has 1 aliphatic carbocycles. The van der Waals surface area contributed by atoms with E-state index in [4.69, 9.17) is 5.26 Å². The molecule has 1 atom stereocenters. The van der Waals surface area contributed by atoms with Crippen LogP contribution in [0.5, 0.6) is 0 Å². The number of likely N-dealkylation sites (tertiary alicyclic amines) is 1. The quantitative estimate of drug-likeness (QED) is 0.510. The van der Waals surface area contributed by atoms with Crippen molar-refractivity contribution in [1.82, 2.24) is 15.2 Å². The first kappa shape index (κ1) is 24.9. The van der Waals surface area contributed by atoms with Crippen LogP contribution in [0.15, 0.2) is 18.3 Å². The summed E-state index contributed by atoms with van der Waals surface area (Å²) in [5, 5.41) is 26.4. The summed E-state index contributed by atoms with van der Waals surface area (Å²) in [6, 6.07) is 5.56. The van der Waals surface area contributed by atoms with Crippen molar-refractivity contribution in [2.75, 3.05) is 18.4 Å². The first-order valence-corrected chi connectivity index (χ1v) is 9.36. The molecular weight excluding hydrogens is 419 g/mol. The van der Waals surface area contributed by atoms with E-state index in [1.54, 1.807) is 11.0 Å². The van der Waals surface area contributed by atoms with Crippen molar-refractivity contribution in [3.63, 3.8) is 0 Å². The Morgan fingerprint density at radius 3 is 2.52 bits per heavy atom. The monoisotopic (exact) mass is 444 g/mol. The van der Waals surface area contributed by atoms with Crippen molar-refractivity contribution in [3.8, 4) is 6.07 Å². The van der Waals surface area contributed by atoms with E-state index in [0.717, 1.165) is 38.5 Å². The number of anilines is 1. The maximum Gasteiger partial charge on any atom is 0.287 e. The summed E-state index contributed by atoms with van der Waals surface area (Å²) >= 11 is 0. The minimum absolute atomic E-state index is 0. The zero-order valence-corrected chi connectivity index (χ0v) is 17.6. The lowest BCUT2D eigenvalue weighted by molar-refractivity contribution is -0.385. The summed E-state index contributed by atoms with van der Waals surface area (Å²) in [5.74, 6) is 0.651. The zero-order chi connectivity index (χ0) is 19.2. The fraction of sp³-hybridized carbons (Fsp3) is 0.611. The Kier molecular flexibility index (Phi) is 10.1. The van der Waals surface area contributed by atoms with Gasteiger partial charge in [-0.25, -0.2) is 4.98 Å². The van der Waals surface area contributed by atoms with E-state index in [1.807, 2.05) is 0 Å². The molecule has 2 N–H and O–H groups in total. The summed E-state index contributed by atoms with van der Waals surface area (Å²) in [6.07, 6.45) is 6.70. The molecule has 2 heterocycles. The largest absolute Gasteiger partial charge is 0.367 e.